The summed E-state index contributed by atoms with van der Waals surface area (Å²) in [5.41, 5.74) is 3.56. The molecule has 8 nitrogen and oxygen atoms in total. The molecular formula is C22H19N7O. The monoisotopic (exact) mass is 397 g/mol. The van der Waals surface area contributed by atoms with Crippen molar-refractivity contribution in [1.29, 1.82) is 5.26 Å². The molecule has 1 aliphatic heterocycles. The molecule has 5 rings (SSSR count). The van der Waals surface area contributed by atoms with Crippen LogP contribution < -0.4 is 10.2 Å². The Bertz CT molecular complexity index is 1180. The van der Waals surface area contributed by atoms with Crippen LogP contribution >= 0.6 is 0 Å². The van der Waals surface area contributed by atoms with Crippen LogP contribution in [-0.4, -0.2) is 46.4 Å². The van der Waals surface area contributed by atoms with E-state index in [9.17, 15) is 0 Å². The third-order valence-electron chi connectivity index (χ3n) is 5.17. The van der Waals surface area contributed by atoms with Gasteiger partial charge in [0.05, 0.1) is 17.3 Å². The lowest BCUT2D eigenvalue weighted by atomic mass is 10.1. The maximum absolute atomic E-state index is 8.95. The minimum atomic E-state index is 0.532. The first-order chi connectivity index (χ1) is 14.8. The van der Waals surface area contributed by atoms with Crippen molar-refractivity contribution in [2.45, 2.75) is 0 Å². The quantitative estimate of drug-likeness (QED) is 0.566. The zero-order valence-electron chi connectivity index (χ0n) is 16.2. The number of nitriles is 1. The lowest BCUT2D eigenvalue weighted by Gasteiger charge is -2.29. The number of hydrogen-bond acceptors (Lipinski definition) is 7. The summed E-state index contributed by atoms with van der Waals surface area (Å²) in [6, 6.07) is 21.3. The Balaban J connectivity index is 1.41. The van der Waals surface area contributed by atoms with Crippen molar-refractivity contribution in [3.63, 3.8) is 0 Å². The maximum Gasteiger partial charge on any atom is 0.222 e. The van der Waals surface area contributed by atoms with E-state index in [1.165, 1.54) is 5.69 Å². The Kier molecular flexibility index (Phi) is 4.71. The Morgan fingerprint density at radius 1 is 0.867 bits per heavy atom. The number of anilines is 1. The summed E-state index contributed by atoms with van der Waals surface area (Å²) in [4.78, 5) is 2.36. The van der Waals surface area contributed by atoms with Crippen LogP contribution in [0.1, 0.15) is 5.56 Å². The summed E-state index contributed by atoms with van der Waals surface area (Å²) in [6.45, 7) is 4.00. The normalized spacial score (nSPS) is 13.9. The molecule has 1 fully saturated rings. The number of nitrogens with one attached hydrogen (secondary N) is 1. The van der Waals surface area contributed by atoms with Gasteiger partial charge in [-0.25, -0.2) is 0 Å². The summed E-state index contributed by atoms with van der Waals surface area (Å²) in [5, 5.41) is 24.5. The second-order valence-corrected chi connectivity index (χ2v) is 7.02. The molecule has 4 aromatic rings. The minimum Gasteiger partial charge on any atom is -0.453 e. The van der Waals surface area contributed by atoms with E-state index in [4.69, 9.17) is 9.68 Å². The molecule has 0 amide bonds. The molecule has 0 unspecified atom stereocenters. The van der Waals surface area contributed by atoms with E-state index >= 15 is 0 Å². The third-order valence-corrected chi connectivity index (χ3v) is 5.17. The molecule has 0 bridgehead atoms. The van der Waals surface area contributed by atoms with Crippen LogP contribution in [0.15, 0.2) is 65.1 Å². The highest BCUT2D eigenvalue weighted by Gasteiger charge is 2.16. The summed E-state index contributed by atoms with van der Waals surface area (Å²) in [5.74, 6) is 1.80. The smallest absolute Gasteiger partial charge is 0.222 e. The fourth-order valence-electron chi connectivity index (χ4n) is 3.56. The zero-order valence-corrected chi connectivity index (χ0v) is 16.2. The Morgan fingerprint density at radius 3 is 2.30 bits per heavy atom. The van der Waals surface area contributed by atoms with E-state index in [-0.39, 0.29) is 0 Å². The van der Waals surface area contributed by atoms with Crippen LogP contribution in [0, 0.1) is 11.3 Å². The van der Waals surface area contributed by atoms with Gasteiger partial charge >= 0.3 is 0 Å². The van der Waals surface area contributed by atoms with Gasteiger partial charge in [0, 0.05) is 37.4 Å². The number of nitrogens with zero attached hydrogens (tertiary/aromatic N) is 6. The fraction of sp³-hybridized carbons (Fsp3) is 0.182. The minimum absolute atomic E-state index is 0.532. The number of benzene rings is 2. The molecule has 3 heterocycles. The Labute approximate surface area is 173 Å². The van der Waals surface area contributed by atoms with E-state index in [1.807, 2.05) is 36.4 Å². The van der Waals surface area contributed by atoms with Crippen LogP contribution in [0.4, 0.5) is 5.69 Å². The van der Waals surface area contributed by atoms with Gasteiger partial charge in [-0.2, -0.15) is 9.94 Å². The molecule has 1 N–H and O–H groups in total. The van der Waals surface area contributed by atoms with Gasteiger partial charge in [-0.1, -0.05) is 0 Å². The molecule has 148 valence electrons. The molecule has 1 saturated heterocycles. The highest BCUT2D eigenvalue weighted by atomic mass is 16.3. The average Bonchev–Trinajstić information content (AvgIpc) is 3.50. The summed E-state index contributed by atoms with van der Waals surface area (Å²) < 4.78 is 7.68. The molecule has 0 radical (unpaired) electrons. The number of furan rings is 1. The molecular weight excluding hydrogens is 378 g/mol. The number of hydrogen-bond donors (Lipinski definition) is 1. The van der Waals surface area contributed by atoms with Crippen LogP contribution in [0.25, 0.3) is 28.6 Å². The Hall–Kier alpha value is -3.96. The SMILES string of the molecule is N#Cc1ccc(-c2ccc(-c3nnnn3-c3ccc(N4CCNCC4)cc3)o2)cc1. The number of tetrazole rings is 1. The highest BCUT2D eigenvalue weighted by molar-refractivity contribution is 5.63. The van der Waals surface area contributed by atoms with Gasteiger partial charge in [0.1, 0.15) is 5.76 Å². The molecule has 30 heavy (non-hydrogen) atoms. The third kappa shape index (κ3) is 3.43. The molecule has 0 atom stereocenters. The van der Waals surface area contributed by atoms with Gasteiger partial charge < -0.3 is 14.6 Å². The van der Waals surface area contributed by atoms with Crippen LogP contribution in [0.2, 0.25) is 0 Å². The summed E-state index contributed by atoms with van der Waals surface area (Å²) >= 11 is 0. The van der Waals surface area contributed by atoms with Crippen molar-refractivity contribution in [3.05, 3.63) is 66.2 Å². The van der Waals surface area contributed by atoms with Gasteiger partial charge in [0.15, 0.2) is 5.76 Å². The van der Waals surface area contributed by atoms with E-state index < -0.39 is 0 Å². The first-order valence-corrected chi connectivity index (χ1v) is 9.77. The van der Waals surface area contributed by atoms with Gasteiger partial charge in [-0.15, -0.1) is 5.10 Å². The average molecular weight is 397 g/mol. The predicted octanol–water partition coefficient (Wildman–Crippen LogP) is 2.87. The van der Waals surface area contributed by atoms with Crippen molar-refractivity contribution in [2.75, 3.05) is 31.1 Å². The van der Waals surface area contributed by atoms with E-state index in [2.05, 4.69) is 43.9 Å². The van der Waals surface area contributed by atoms with Gasteiger partial charge in [0.2, 0.25) is 5.82 Å². The fourth-order valence-corrected chi connectivity index (χ4v) is 3.56. The molecule has 2 aromatic heterocycles. The molecule has 1 aliphatic rings. The van der Waals surface area contributed by atoms with E-state index in [0.29, 0.717) is 22.9 Å². The van der Waals surface area contributed by atoms with Crippen molar-refractivity contribution in [2.24, 2.45) is 0 Å². The predicted molar refractivity (Wildman–Crippen MR) is 112 cm³/mol. The number of aromatic nitrogens is 4. The van der Waals surface area contributed by atoms with Crippen LogP contribution in [0.5, 0.6) is 0 Å². The van der Waals surface area contributed by atoms with E-state index in [0.717, 1.165) is 37.4 Å². The van der Waals surface area contributed by atoms with Crippen LogP contribution in [0.3, 0.4) is 0 Å². The van der Waals surface area contributed by atoms with Crippen molar-refractivity contribution in [3.8, 4) is 34.7 Å². The van der Waals surface area contributed by atoms with Crippen molar-refractivity contribution in [1.82, 2.24) is 25.5 Å². The van der Waals surface area contributed by atoms with Crippen LogP contribution in [-0.2, 0) is 0 Å². The largest absolute Gasteiger partial charge is 0.453 e. The maximum atomic E-state index is 8.95. The van der Waals surface area contributed by atoms with Gasteiger partial charge in [0.25, 0.3) is 0 Å². The first-order valence-electron chi connectivity index (χ1n) is 9.77. The molecule has 8 heteroatoms. The van der Waals surface area contributed by atoms with Gasteiger partial charge in [-0.3, -0.25) is 0 Å². The molecule has 0 aliphatic carbocycles. The number of rotatable bonds is 4. The van der Waals surface area contributed by atoms with Crippen molar-refractivity contribution < 1.29 is 4.42 Å². The van der Waals surface area contributed by atoms with E-state index in [1.54, 1.807) is 16.8 Å². The standard InChI is InChI=1S/C22H19N7O/c23-15-16-1-3-17(4-2-16)20-9-10-21(30-20)22-25-26-27-29(22)19-7-5-18(6-8-19)28-13-11-24-12-14-28/h1-10,24H,11-14H2. The molecule has 0 spiro atoms. The zero-order chi connectivity index (χ0) is 20.3. The van der Waals surface area contributed by atoms with Gasteiger partial charge in [-0.05, 0) is 71.1 Å². The molecule has 2 aromatic carbocycles. The topological polar surface area (TPSA) is 95.8 Å². The lowest BCUT2D eigenvalue weighted by molar-refractivity contribution is 0.588. The molecule has 0 saturated carbocycles. The van der Waals surface area contributed by atoms with Crippen molar-refractivity contribution >= 4 is 5.69 Å². The number of piperazine rings is 1. The Morgan fingerprint density at radius 2 is 1.57 bits per heavy atom. The highest BCUT2D eigenvalue weighted by Crippen LogP contribution is 2.28. The second kappa shape index (κ2) is 7.81. The second-order valence-electron chi connectivity index (χ2n) is 7.02. The first kappa shape index (κ1) is 18.1. The summed E-state index contributed by atoms with van der Waals surface area (Å²) in [6.07, 6.45) is 0. The lowest BCUT2D eigenvalue weighted by Crippen LogP contribution is -2.43. The summed E-state index contributed by atoms with van der Waals surface area (Å²) in [7, 11) is 0.